The summed E-state index contributed by atoms with van der Waals surface area (Å²) in [7, 11) is 0. The Balaban J connectivity index is 1.60. The van der Waals surface area contributed by atoms with Gasteiger partial charge in [0, 0.05) is 19.0 Å². The molecule has 0 aromatic carbocycles. The van der Waals surface area contributed by atoms with Crippen molar-refractivity contribution in [2.75, 3.05) is 6.54 Å². The number of nitrogens with one attached hydrogen (secondary N) is 3. The van der Waals surface area contributed by atoms with Crippen molar-refractivity contribution in [3.63, 3.8) is 0 Å². The summed E-state index contributed by atoms with van der Waals surface area (Å²) in [5, 5.41) is 17.7. The summed E-state index contributed by atoms with van der Waals surface area (Å²) in [6.07, 6.45) is 9.01. The second-order valence-electron chi connectivity index (χ2n) is 6.98. The molecule has 0 aromatic rings. The molecule has 2 aliphatic carbocycles. The lowest BCUT2D eigenvalue weighted by Crippen LogP contribution is -2.52. The molecular formula is C17H29N3O4. The minimum absolute atomic E-state index is 0.180. The molecule has 0 bridgehead atoms. The average Bonchev–Trinajstić information content (AvgIpc) is 3.02. The van der Waals surface area contributed by atoms with Crippen LogP contribution >= 0.6 is 0 Å². The van der Waals surface area contributed by atoms with Crippen LogP contribution in [0.3, 0.4) is 0 Å². The van der Waals surface area contributed by atoms with Gasteiger partial charge in [-0.25, -0.2) is 9.59 Å². The Morgan fingerprint density at radius 2 is 1.67 bits per heavy atom. The molecule has 2 aliphatic rings. The van der Waals surface area contributed by atoms with Crippen LogP contribution in [0, 0.1) is 0 Å². The lowest BCUT2D eigenvalue weighted by Gasteiger charge is -2.25. The molecule has 0 aliphatic heterocycles. The number of rotatable bonds is 7. The van der Waals surface area contributed by atoms with Gasteiger partial charge in [-0.15, -0.1) is 0 Å². The molecule has 0 atom stereocenters. The van der Waals surface area contributed by atoms with Gasteiger partial charge in [-0.05, 0) is 32.1 Å². The van der Waals surface area contributed by atoms with E-state index in [0.29, 0.717) is 25.8 Å². The summed E-state index contributed by atoms with van der Waals surface area (Å²) in [5.41, 5.74) is -1.08. The van der Waals surface area contributed by atoms with Gasteiger partial charge in [0.05, 0.1) is 0 Å². The van der Waals surface area contributed by atoms with Gasteiger partial charge in [0.15, 0.2) is 0 Å². The molecule has 0 saturated heterocycles. The Hall–Kier alpha value is -1.79. The zero-order chi connectivity index (χ0) is 17.4. The van der Waals surface area contributed by atoms with Crippen molar-refractivity contribution >= 4 is 17.9 Å². The summed E-state index contributed by atoms with van der Waals surface area (Å²) in [6, 6.07) is 0.0833. The number of aliphatic carboxylic acids is 1. The third-order valence-electron chi connectivity index (χ3n) is 5.05. The highest BCUT2D eigenvalue weighted by Gasteiger charge is 2.42. The van der Waals surface area contributed by atoms with E-state index in [1.807, 2.05) is 0 Å². The molecule has 0 spiro atoms. The van der Waals surface area contributed by atoms with Crippen LogP contribution in [0.4, 0.5) is 4.79 Å². The van der Waals surface area contributed by atoms with Gasteiger partial charge in [-0.2, -0.15) is 0 Å². The first-order chi connectivity index (χ1) is 11.5. The van der Waals surface area contributed by atoms with E-state index in [4.69, 9.17) is 0 Å². The van der Waals surface area contributed by atoms with Crippen molar-refractivity contribution < 1.29 is 19.5 Å². The molecule has 0 heterocycles. The highest BCUT2D eigenvalue weighted by Crippen LogP contribution is 2.30. The first-order valence-electron chi connectivity index (χ1n) is 9.11. The molecule has 0 unspecified atom stereocenters. The van der Waals surface area contributed by atoms with Crippen LogP contribution in [-0.2, 0) is 9.59 Å². The topological polar surface area (TPSA) is 108 Å². The van der Waals surface area contributed by atoms with Crippen LogP contribution < -0.4 is 16.0 Å². The minimum Gasteiger partial charge on any atom is -0.480 e. The second kappa shape index (κ2) is 8.89. The predicted octanol–water partition coefficient (Wildman–Crippen LogP) is 1.91. The number of carboxylic acids is 1. The maximum atomic E-state index is 12.0. The Bertz CT molecular complexity index is 455. The summed E-state index contributed by atoms with van der Waals surface area (Å²) in [5.74, 6) is -1.20. The van der Waals surface area contributed by atoms with E-state index >= 15 is 0 Å². The third-order valence-corrected chi connectivity index (χ3v) is 5.05. The standard InChI is InChI=1S/C17H29N3O4/c21-14(20-17(15(22)23)10-4-5-11-17)9-6-12-18-16(24)19-13-7-2-1-3-8-13/h13H,1-12H2,(H,20,21)(H,22,23)(H2,18,19,24). The quantitative estimate of drug-likeness (QED) is 0.531. The molecule has 7 heteroatoms. The molecule has 0 aromatic heterocycles. The van der Waals surface area contributed by atoms with Crippen molar-refractivity contribution in [2.45, 2.75) is 82.2 Å². The van der Waals surface area contributed by atoms with Gasteiger partial charge < -0.3 is 21.1 Å². The fourth-order valence-corrected chi connectivity index (χ4v) is 3.63. The first-order valence-corrected chi connectivity index (χ1v) is 9.11. The van der Waals surface area contributed by atoms with Crippen LogP contribution in [0.5, 0.6) is 0 Å². The van der Waals surface area contributed by atoms with E-state index in [2.05, 4.69) is 16.0 Å². The summed E-state index contributed by atoms with van der Waals surface area (Å²) < 4.78 is 0. The maximum Gasteiger partial charge on any atom is 0.329 e. The number of hydrogen-bond donors (Lipinski definition) is 4. The number of carboxylic acid groups (broad SMARTS) is 1. The van der Waals surface area contributed by atoms with Crippen molar-refractivity contribution in [2.24, 2.45) is 0 Å². The number of hydrogen-bond acceptors (Lipinski definition) is 3. The summed E-state index contributed by atoms with van der Waals surface area (Å²) in [4.78, 5) is 35.1. The molecular weight excluding hydrogens is 310 g/mol. The van der Waals surface area contributed by atoms with Gasteiger partial charge in [0.25, 0.3) is 0 Å². The highest BCUT2D eigenvalue weighted by atomic mass is 16.4. The predicted molar refractivity (Wildman–Crippen MR) is 89.6 cm³/mol. The van der Waals surface area contributed by atoms with Crippen LogP contribution in [0.1, 0.15) is 70.6 Å². The molecule has 136 valence electrons. The van der Waals surface area contributed by atoms with Crippen molar-refractivity contribution in [1.29, 1.82) is 0 Å². The van der Waals surface area contributed by atoms with E-state index in [9.17, 15) is 19.5 Å². The van der Waals surface area contributed by atoms with Crippen molar-refractivity contribution in [1.82, 2.24) is 16.0 Å². The number of carbonyl (C=O) groups excluding carboxylic acids is 2. The molecule has 7 nitrogen and oxygen atoms in total. The molecule has 24 heavy (non-hydrogen) atoms. The number of urea groups is 1. The lowest BCUT2D eigenvalue weighted by molar-refractivity contribution is -0.147. The number of carbonyl (C=O) groups is 3. The SMILES string of the molecule is O=C(CCCNC(=O)NC1CCCCC1)NC1(C(=O)O)CCCC1. The minimum atomic E-state index is -1.08. The molecule has 4 N–H and O–H groups in total. The smallest absolute Gasteiger partial charge is 0.329 e. The zero-order valence-corrected chi connectivity index (χ0v) is 14.2. The van der Waals surface area contributed by atoms with Gasteiger partial charge in [0.1, 0.15) is 5.54 Å². The molecule has 0 radical (unpaired) electrons. The Morgan fingerprint density at radius 1 is 1.00 bits per heavy atom. The van der Waals surface area contributed by atoms with Crippen LogP contribution in [0.15, 0.2) is 0 Å². The van der Waals surface area contributed by atoms with E-state index in [1.54, 1.807) is 0 Å². The van der Waals surface area contributed by atoms with Gasteiger partial charge in [-0.1, -0.05) is 32.1 Å². The second-order valence-corrected chi connectivity index (χ2v) is 6.98. The largest absolute Gasteiger partial charge is 0.480 e. The van der Waals surface area contributed by atoms with E-state index in [0.717, 1.165) is 38.5 Å². The summed E-state index contributed by atoms with van der Waals surface area (Å²) in [6.45, 7) is 0.409. The average molecular weight is 339 g/mol. The van der Waals surface area contributed by atoms with Crippen LogP contribution in [-0.4, -0.2) is 41.1 Å². The van der Waals surface area contributed by atoms with Gasteiger partial charge in [-0.3, -0.25) is 4.79 Å². The fourth-order valence-electron chi connectivity index (χ4n) is 3.63. The molecule has 3 amide bonds. The van der Waals surface area contributed by atoms with E-state index in [1.165, 1.54) is 6.42 Å². The van der Waals surface area contributed by atoms with Crippen molar-refractivity contribution in [3.05, 3.63) is 0 Å². The van der Waals surface area contributed by atoms with Gasteiger partial charge in [0.2, 0.25) is 5.91 Å². The summed E-state index contributed by atoms with van der Waals surface area (Å²) >= 11 is 0. The molecule has 2 rings (SSSR count). The Labute approximate surface area is 142 Å². The third kappa shape index (κ3) is 5.39. The fraction of sp³-hybridized carbons (Fsp3) is 0.824. The maximum absolute atomic E-state index is 12.0. The molecule has 2 saturated carbocycles. The first kappa shape index (κ1) is 18.5. The monoisotopic (exact) mass is 339 g/mol. The highest BCUT2D eigenvalue weighted by molar-refractivity contribution is 5.87. The Kier molecular flexibility index (Phi) is 6.87. The van der Waals surface area contributed by atoms with E-state index in [-0.39, 0.29) is 24.4 Å². The normalized spacial score (nSPS) is 20.3. The lowest BCUT2D eigenvalue weighted by atomic mass is 9.96. The molecule has 2 fully saturated rings. The number of amides is 3. The van der Waals surface area contributed by atoms with Crippen LogP contribution in [0.2, 0.25) is 0 Å². The zero-order valence-electron chi connectivity index (χ0n) is 14.2. The van der Waals surface area contributed by atoms with Crippen LogP contribution in [0.25, 0.3) is 0 Å². The van der Waals surface area contributed by atoms with Crippen molar-refractivity contribution in [3.8, 4) is 0 Å². The van der Waals surface area contributed by atoms with E-state index < -0.39 is 11.5 Å². The van der Waals surface area contributed by atoms with Gasteiger partial charge >= 0.3 is 12.0 Å². The Morgan fingerprint density at radius 3 is 2.29 bits per heavy atom.